The lowest BCUT2D eigenvalue weighted by atomic mass is 10.1. The summed E-state index contributed by atoms with van der Waals surface area (Å²) in [5.74, 6) is 0.0651. The highest BCUT2D eigenvalue weighted by atomic mass is 16.5. The van der Waals surface area contributed by atoms with Gasteiger partial charge in [0.2, 0.25) is 11.8 Å². The second-order valence-electron chi connectivity index (χ2n) is 8.04. The third-order valence-electron chi connectivity index (χ3n) is 6.13. The quantitative estimate of drug-likeness (QED) is 0.733. The largest absolute Gasteiger partial charge is 0.383 e. The zero-order chi connectivity index (χ0) is 20.8. The number of likely N-dealkylation sites (tertiary alicyclic amines) is 1. The van der Waals surface area contributed by atoms with E-state index < -0.39 is 0 Å². The minimum Gasteiger partial charge on any atom is -0.383 e. The molecule has 2 unspecified atom stereocenters. The van der Waals surface area contributed by atoms with Gasteiger partial charge in [0.25, 0.3) is 0 Å². The van der Waals surface area contributed by atoms with E-state index in [9.17, 15) is 9.59 Å². The van der Waals surface area contributed by atoms with E-state index in [1.165, 1.54) is 11.1 Å². The average molecular weight is 403 g/mol. The van der Waals surface area contributed by atoms with Crippen LogP contribution >= 0.6 is 0 Å². The Labute approximate surface area is 174 Å². The molecule has 2 fully saturated rings. The molecular formula is C22H34N4O3. The van der Waals surface area contributed by atoms with Crippen molar-refractivity contribution in [1.82, 2.24) is 20.0 Å². The molecule has 2 atom stereocenters. The molecule has 0 bridgehead atoms. The van der Waals surface area contributed by atoms with Gasteiger partial charge >= 0.3 is 0 Å². The molecule has 0 aromatic heterocycles. The van der Waals surface area contributed by atoms with Gasteiger partial charge in [0, 0.05) is 65.9 Å². The number of methoxy groups -OCH3 is 1. The summed E-state index contributed by atoms with van der Waals surface area (Å²) < 4.78 is 5.34. The third kappa shape index (κ3) is 5.35. The van der Waals surface area contributed by atoms with Crippen LogP contribution in [0.1, 0.15) is 24.5 Å². The number of hydrogen-bond donors (Lipinski definition) is 1. The van der Waals surface area contributed by atoms with Gasteiger partial charge in [-0.15, -0.1) is 0 Å². The van der Waals surface area contributed by atoms with Crippen LogP contribution in [0, 0.1) is 6.92 Å². The van der Waals surface area contributed by atoms with Crippen molar-refractivity contribution in [2.45, 2.75) is 38.9 Å². The maximum Gasteiger partial charge on any atom is 0.245 e. The van der Waals surface area contributed by atoms with E-state index in [1.807, 2.05) is 11.0 Å². The summed E-state index contributed by atoms with van der Waals surface area (Å²) in [5.41, 5.74) is 2.53. The van der Waals surface area contributed by atoms with E-state index in [0.717, 1.165) is 26.2 Å². The Morgan fingerprint density at radius 3 is 2.62 bits per heavy atom. The first-order valence-corrected chi connectivity index (χ1v) is 10.6. The smallest absolute Gasteiger partial charge is 0.245 e. The summed E-state index contributed by atoms with van der Waals surface area (Å²) in [6.07, 6.45) is 0.679. The van der Waals surface area contributed by atoms with E-state index in [2.05, 4.69) is 35.3 Å². The highest BCUT2D eigenvalue weighted by molar-refractivity contribution is 5.87. The predicted molar refractivity (Wildman–Crippen MR) is 112 cm³/mol. The van der Waals surface area contributed by atoms with Crippen molar-refractivity contribution in [2.75, 3.05) is 53.0 Å². The van der Waals surface area contributed by atoms with Crippen LogP contribution in [-0.2, 0) is 20.9 Å². The fourth-order valence-electron chi connectivity index (χ4n) is 4.36. The number of rotatable bonds is 7. The molecule has 2 saturated heterocycles. The zero-order valence-corrected chi connectivity index (χ0v) is 17.9. The average Bonchev–Trinajstić information content (AvgIpc) is 3.18. The summed E-state index contributed by atoms with van der Waals surface area (Å²) in [5, 5.41) is 3.28. The SMILES string of the molecule is COCCN(Cc1ccccc1C)C1CC(C(=O)N2CCNCC2)N(C(C)=O)C1. The molecule has 0 spiro atoms. The summed E-state index contributed by atoms with van der Waals surface area (Å²) in [4.78, 5) is 31.6. The maximum atomic E-state index is 13.2. The van der Waals surface area contributed by atoms with E-state index in [-0.39, 0.29) is 23.9 Å². The highest BCUT2D eigenvalue weighted by Crippen LogP contribution is 2.26. The zero-order valence-electron chi connectivity index (χ0n) is 17.9. The van der Waals surface area contributed by atoms with Crippen LogP contribution in [0.2, 0.25) is 0 Å². The standard InChI is InChI=1S/C22H34N4O3/c1-17-6-4-5-7-19(17)15-25(12-13-29-3)20-14-21(26(16-20)18(2)27)22(28)24-10-8-23-9-11-24/h4-7,20-21,23H,8-16H2,1-3H3. The topological polar surface area (TPSA) is 65.1 Å². The second-order valence-corrected chi connectivity index (χ2v) is 8.04. The van der Waals surface area contributed by atoms with Crippen LogP contribution in [0.15, 0.2) is 24.3 Å². The molecular weight excluding hydrogens is 368 g/mol. The van der Waals surface area contributed by atoms with Crippen LogP contribution in [0.25, 0.3) is 0 Å². The van der Waals surface area contributed by atoms with Crippen molar-refractivity contribution in [1.29, 1.82) is 0 Å². The predicted octanol–water partition coefficient (Wildman–Crippen LogP) is 0.865. The molecule has 1 aromatic rings. The molecule has 1 aromatic carbocycles. The van der Waals surface area contributed by atoms with Gasteiger partial charge in [-0.05, 0) is 24.5 Å². The molecule has 7 heteroatoms. The molecule has 160 valence electrons. The van der Waals surface area contributed by atoms with Crippen molar-refractivity contribution in [2.24, 2.45) is 0 Å². The van der Waals surface area contributed by atoms with E-state index in [4.69, 9.17) is 4.74 Å². The lowest BCUT2D eigenvalue weighted by Gasteiger charge is -2.32. The molecule has 3 rings (SSSR count). The molecule has 7 nitrogen and oxygen atoms in total. The highest BCUT2D eigenvalue weighted by Gasteiger charge is 2.42. The molecule has 2 aliphatic rings. The monoisotopic (exact) mass is 402 g/mol. The Morgan fingerprint density at radius 1 is 1.24 bits per heavy atom. The van der Waals surface area contributed by atoms with Crippen LogP contribution < -0.4 is 5.32 Å². The normalized spacial score (nSPS) is 22.3. The summed E-state index contributed by atoms with van der Waals surface area (Å²) in [6, 6.07) is 8.16. The molecule has 2 heterocycles. The number of piperazine rings is 1. The van der Waals surface area contributed by atoms with Gasteiger partial charge in [0.15, 0.2) is 0 Å². The van der Waals surface area contributed by atoms with Gasteiger partial charge in [-0.25, -0.2) is 0 Å². The Bertz CT molecular complexity index is 705. The lowest BCUT2D eigenvalue weighted by molar-refractivity contribution is -0.143. The van der Waals surface area contributed by atoms with Crippen molar-refractivity contribution in [3.63, 3.8) is 0 Å². The molecule has 29 heavy (non-hydrogen) atoms. The summed E-state index contributed by atoms with van der Waals surface area (Å²) >= 11 is 0. The fourth-order valence-corrected chi connectivity index (χ4v) is 4.36. The first-order chi connectivity index (χ1) is 14.0. The fraction of sp³-hybridized carbons (Fsp3) is 0.636. The van der Waals surface area contributed by atoms with E-state index in [1.54, 1.807) is 18.9 Å². The van der Waals surface area contributed by atoms with E-state index in [0.29, 0.717) is 32.7 Å². The van der Waals surface area contributed by atoms with Crippen LogP contribution in [0.3, 0.4) is 0 Å². The number of nitrogens with one attached hydrogen (secondary N) is 1. The number of benzene rings is 1. The van der Waals surface area contributed by atoms with Crippen molar-refractivity contribution in [3.05, 3.63) is 35.4 Å². The molecule has 2 amide bonds. The van der Waals surface area contributed by atoms with Gasteiger partial charge < -0.3 is 19.9 Å². The number of hydrogen-bond acceptors (Lipinski definition) is 5. The maximum absolute atomic E-state index is 13.2. The number of carbonyl (C=O) groups is 2. The number of ether oxygens (including phenoxy) is 1. The number of aryl methyl sites for hydroxylation is 1. The van der Waals surface area contributed by atoms with Gasteiger partial charge in [-0.2, -0.15) is 0 Å². The van der Waals surface area contributed by atoms with Gasteiger partial charge in [0.05, 0.1) is 6.61 Å². The van der Waals surface area contributed by atoms with Crippen LogP contribution in [-0.4, -0.2) is 91.6 Å². The number of amides is 2. The van der Waals surface area contributed by atoms with Crippen LogP contribution in [0.4, 0.5) is 0 Å². The first kappa shape index (κ1) is 21.7. The van der Waals surface area contributed by atoms with Crippen molar-refractivity contribution in [3.8, 4) is 0 Å². The van der Waals surface area contributed by atoms with E-state index >= 15 is 0 Å². The molecule has 1 N–H and O–H groups in total. The molecule has 0 aliphatic carbocycles. The summed E-state index contributed by atoms with van der Waals surface area (Å²) in [6.45, 7) is 9.52. The van der Waals surface area contributed by atoms with Crippen molar-refractivity contribution >= 4 is 11.8 Å². The number of carbonyl (C=O) groups excluding carboxylic acids is 2. The second kappa shape index (κ2) is 10.2. The number of nitrogens with zero attached hydrogens (tertiary/aromatic N) is 3. The minimum absolute atomic E-state index is 0.0245. The molecule has 0 radical (unpaired) electrons. The Morgan fingerprint density at radius 2 is 1.97 bits per heavy atom. The van der Waals surface area contributed by atoms with Gasteiger partial charge in [-0.3, -0.25) is 14.5 Å². The minimum atomic E-state index is -0.363. The lowest BCUT2D eigenvalue weighted by Crippen LogP contribution is -2.53. The summed E-state index contributed by atoms with van der Waals surface area (Å²) in [7, 11) is 1.71. The molecule has 2 aliphatic heterocycles. The van der Waals surface area contributed by atoms with Gasteiger partial charge in [-0.1, -0.05) is 24.3 Å². The Kier molecular flexibility index (Phi) is 7.64. The Balaban J connectivity index is 1.76. The Hall–Kier alpha value is -1.96. The van der Waals surface area contributed by atoms with Gasteiger partial charge in [0.1, 0.15) is 6.04 Å². The van der Waals surface area contributed by atoms with Crippen molar-refractivity contribution < 1.29 is 14.3 Å². The first-order valence-electron chi connectivity index (χ1n) is 10.6. The van der Waals surface area contributed by atoms with Crippen LogP contribution in [0.5, 0.6) is 0 Å². The molecule has 0 saturated carbocycles. The third-order valence-corrected chi connectivity index (χ3v) is 6.13.